The summed E-state index contributed by atoms with van der Waals surface area (Å²) in [5.74, 6) is 0.764. The highest BCUT2D eigenvalue weighted by Crippen LogP contribution is 2.37. The number of phenols is 1. The van der Waals surface area contributed by atoms with Crippen LogP contribution in [0.5, 0.6) is 11.5 Å². The summed E-state index contributed by atoms with van der Waals surface area (Å²) < 4.78 is 5.30. The number of alkyl halides is 1. The first-order valence-corrected chi connectivity index (χ1v) is 6.97. The fourth-order valence-corrected chi connectivity index (χ4v) is 2.62. The fraction of sp³-hybridized carbons (Fsp3) is 0.200. The molecule has 5 nitrogen and oxygen atoms in total. The highest BCUT2D eigenvalue weighted by molar-refractivity contribution is 6.17. The van der Waals surface area contributed by atoms with E-state index in [1.54, 1.807) is 13.2 Å². The van der Waals surface area contributed by atoms with Gasteiger partial charge in [-0.1, -0.05) is 12.1 Å². The Morgan fingerprint density at radius 3 is 2.38 bits per heavy atom. The molecule has 0 fully saturated rings. The maximum Gasteiger partial charge on any atom is 0.151 e. The van der Waals surface area contributed by atoms with Crippen LogP contribution in [-0.2, 0) is 5.88 Å². The van der Waals surface area contributed by atoms with E-state index in [0.717, 1.165) is 16.6 Å². The van der Waals surface area contributed by atoms with Crippen LogP contribution in [0.15, 0.2) is 30.3 Å². The van der Waals surface area contributed by atoms with Crippen LogP contribution in [0.3, 0.4) is 0 Å². The first kappa shape index (κ1) is 13.7. The first-order chi connectivity index (χ1) is 10.2. The molecule has 2 aromatic carbocycles. The standard InChI is InChI=1S/C15H14ClN3O2/c1-9-7-13(14(20)10(8-16)15(9)21-2)19-17-11-5-3-4-6-12(11)18-19/h3-7,20H,8H2,1-2H3. The van der Waals surface area contributed by atoms with E-state index in [2.05, 4.69) is 10.2 Å². The summed E-state index contributed by atoms with van der Waals surface area (Å²) in [6, 6.07) is 9.31. The van der Waals surface area contributed by atoms with Crippen LogP contribution in [-0.4, -0.2) is 27.2 Å². The van der Waals surface area contributed by atoms with E-state index in [1.807, 2.05) is 31.2 Å². The van der Waals surface area contributed by atoms with Gasteiger partial charge in [0.15, 0.2) is 5.75 Å². The van der Waals surface area contributed by atoms with Crippen molar-refractivity contribution in [1.29, 1.82) is 0 Å². The van der Waals surface area contributed by atoms with Gasteiger partial charge in [-0.25, -0.2) is 0 Å². The van der Waals surface area contributed by atoms with Crippen molar-refractivity contribution in [3.63, 3.8) is 0 Å². The molecule has 0 bridgehead atoms. The third-order valence-electron chi connectivity index (χ3n) is 3.35. The van der Waals surface area contributed by atoms with Gasteiger partial charge in [0.05, 0.1) is 18.6 Å². The summed E-state index contributed by atoms with van der Waals surface area (Å²) in [6.07, 6.45) is 0. The molecule has 3 aromatic rings. The molecular weight excluding hydrogens is 290 g/mol. The molecule has 0 spiro atoms. The molecule has 21 heavy (non-hydrogen) atoms. The third kappa shape index (κ3) is 2.19. The number of halogens is 1. The summed E-state index contributed by atoms with van der Waals surface area (Å²) in [5.41, 5.74) is 3.41. The van der Waals surface area contributed by atoms with E-state index in [0.29, 0.717) is 17.0 Å². The molecular formula is C15H14ClN3O2. The number of methoxy groups -OCH3 is 1. The highest BCUT2D eigenvalue weighted by atomic mass is 35.5. The Hall–Kier alpha value is -2.27. The number of phenolic OH excluding ortho intramolecular Hbond substituents is 1. The molecule has 0 saturated carbocycles. The molecule has 0 radical (unpaired) electrons. The second-order valence-corrected chi connectivity index (χ2v) is 4.95. The molecule has 3 rings (SSSR count). The van der Waals surface area contributed by atoms with Gasteiger partial charge in [0.1, 0.15) is 22.5 Å². The number of rotatable bonds is 3. The number of ether oxygens (including phenoxy) is 1. The van der Waals surface area contributed by atoms with E-state index in [-0.39, 0.29) is 11.6 Å². The molecule has 1 heterocycles. The van der Waals surface area contributed by atoms with Gasteiger partial charge in [-0.3, -0.25) is 0 Å². The van der Waals surface area contributed by atoms with Crippen molar-refractivity contribution in [2.24, 2.45) is 0 Å². The number of aromatic hydroxyl groups is 1. The molecule has 0 aliphatic heterocycles. The zero-order valence-electron chi connectivity index (χ0n) is 11.7. The van der Waals surface area contributed by atoms with Crippen molar-refractivity contribution in [2.45, 2.75) is 12.8 Å². The molecule has 1 N–H and O–H groups in total. The summed E-state index contributed by atoms with van der Waals surface area (Å²) in [4.78, 5) is 1.42. The zero-order chi connectivity index (χ0) is 15.0. The number of aryl methyl sites for hydroxylation is 1. The Morgan fingerprint density at radius 2 is 1.86 bits per heavy atom. The number of hydrogen-bond donors (Lipinski definition) is 1. The molecule has 0 atom stereocenters. The lowest BCUT2D eigenvalue weighted by Gasteiger charge is -2.14. The van der Waals surface area contributed by atoms with Crippen LogP contribution in [0.1, 0.15) is 11.1 Å². The maximum atomic E-state index is 10.4. The molecule has 0 aliphatic carbocycles. The molecule has 0 unspecified atom stereocenters. The number of benzene rings is 2. The molecule has 108 valence electrons. The van der Waals surface area contributed by atoms with E-state index in [9.17, 15) is 5.11 Å². The lowest BCUT2D eigenvalue weighted by molar-refractivity contribution is 0.398. The fourth-order valence-electron chi connectivity index (χ4n) is 2.37. The highest BCUT2D eigenvalue weighted by Gasteiger charge is 2.18. The number of aromatic nitrogens is 3. The Labute approximate surface area is 126 Å². The van der Waals surface area contributed by atoms with Crippen LogP contribution in [0.4, 0.5) is 0 Å². The van der Waals surface area contributed by atoms with Crippen molar-refractivity contribution >= 4 is 22.6 Å². The SMILES string of the molecule is COc1c(C)cc(-n2nc3ccccc3n2)c(O)c1CCl. The van der Waals surface area contributed by atoms with Gasteiger partial charge >= 0.3 is 0 Å². The molecule has 0 amide bonds. The van der Waals surface area contributed by atoms with Crippen molar-refractivity contribution in [1.82, 2.24) is 15.0 Å². The van der Waals surface area contributed by atoms with Crippen molar-refractivity contribution < 1.29 is 9.84 Å². The minimum atomic E-state index is 0.0350. The first-order valence-electron chi connectivity index (χ1n) is 6.43. The molecule has 1 aromatic heterocycles. The van der Waals surface area contributed by atoms with Crippen LogP contribution >= 0.6 is 11.6 Å². The van der Waals surface area contributed by atoms with Gasteiger partial charge in [-0.15, -0.1) is 26.6 Å². The summed E-state index contributed by atoms with van der Waals surface area (Å²) in [6.45, 7) is 1.89. The average molecular weight is 304 g/mol. The summed E-state index contributed by atoms with van der Waals surface area (Å²) in [7, 11) is 1.55. The van der Waals surface area contributed by atoms with Gasteiger partial charge in [0, 0.05) is 0 Å². The lowest BCUT2D eigenvalue weighted by atomic mass is 10.1. The van der Waals surface area contributed by atoms with Gasteiger partial charge < -0.3 is 9.84 Å². The van der Waals surface area contributed by atoms with E-state index >= 15 is 0 Å². The van der Waals surface area contributed by atoms with Gasteiger partial charge in [0.25, 0.3) is 0 Å². The Kier molecular flexibility index (Phi) is 3.43. The minimum absolute atomic E-state index is 0.0350. The lowest BCUT2D eigenvalue weighted by Crippen LogP contribution is -2.03. The van der Waals surface area contributed by atoms with Crippen LogP contribution < -0.4 is 4.74 Å². The number of hydrogen-bond acceptors (Lipinski definition) is 4. The zero-order valence-corrected chi connectivity index (χ0v) is 12.4. The Bertz CT molecular complexity index is 781. The van der Waals surface area contributed by atoms with Crippen molar-refractivity contribution in [3.8, 4) is 17.2 Å². The Balaban J connectivity index is 2.24. The quantitative estimate of drug-likeness (QED) is 0.755. The second kappa shape index (κ2) is 5.26. The maximum absolute atomic E-state index is 10.4. The van der Waals surface area contributed by atoms with Gasteiger partial charge in [0.2, 0.25) is 0 Å². The normalized spacial score (nSPS) is 11.0. The third-order valence-corrected chi connectivity index (χ3v) is 3.62. The van der Waals surface area contributed by atoms with E-state index in [4.69, 9.17) is 16.3 Å². The van der Waals surface area contributed by atoms with Crippen LogP contribution in [0.25, 0.3) is 16.7 Å². The van der Waals surface area contributed by atoms with Crippen molar-refractivity contribution in [3.05, 3.63) is 41.5 Å². The van der Waals surface area contributed by atoms with Gasteiger partial charge in [-0.2, -0.15) is 0 Å². The number of nitrogens with zero attached hydrogens (tertiary/aromatic N) is 3. The van der Waals surface area contributed by atoms with Crippen molar-refractivity contribution in [2.75, 3.05) is 7.11 Å². The largest absolute Gasteiger partial charge is 0.505 e. The van der Waals surface area contributed by atoms with E-state index < -0.39 is 0 Å². The predicted octanol–water partition coefficient (Wildman–Crippen LogP) is 3.18. The second-order valence-electron chi connectivity index (χ2n) is 4.68. The van der Waals surface area contributed by atoms with Crippen LogP contribution in [0.2, 0.25) is 0 Å². The Morgan fingerprint density at radius 1 is 1.24 bits per heavy atom. The molecule has 0 saturated heterocycles. The molecule has 6 heteroatoms. The topological polar surface area (TPSA) is 60.2 Å². The molecule has 0 aliphatic rings. The smallest absolute Gasteiger partial charge is 0.151 e. The predicted molar refractivity (Wildman–Crippen MR) is 81.4 cm³/mol. The average Bonchev–Trinajstić information content (AvgIpc) is 2.92. The van der Waals surface area contributed by atoms with E-state index in [1.165, 1.54) is 4.80 Å². The number of fused-ring (bicyclic) bond motifs is 1. The monoisotopic (exact) mass is 303 g/mol. The summed E-state index contributed by atoms with van der Waals surface area (Å²) >= 11 is 5.94. The summed E-state index contributed by atoms with van der Waals surface area (Å²) in [5, 5.41) is 19.2. The van der Waals surface area contributed by atoms with Gasteiger partial charge in [-0.05, 0) is 30.7 Å². The minimum Gasteiger partial charge on any atom is -0.505 e. The van der Waals surface area contributed by atoms with Crippen LogP contribution in [0, 0.1) is 6.92 Å².